The maximum Gasteiger partial charge on any atom is 0.364 e. The van der Waals surface area contributed by atoms with Gasteiger partial charge in [-0.3, -0.25) is 9.59 Å². The van der Waals surface area contributed by atoms with Crippen molar-refractivity contribution in [2.45, 2.75) is 69.5 Å². The standard InChI is InChI=1S/C16H28N2O10/c1-7(20)12(17-8(2)21)14-13(18-9(3)22)11(24)4-16(28-14,15(25)26)27-6-10(23)5-19/h7,10-14,19-20,23-24H,4-6H2,1-3H3,(H,17,21)(H,18,22)(H,25,26)/t7-,10?,11+,12-,13-,14+,16-/m1/s1. The van der Waals surface area contributed by atoms with Crippen LogP contribution in [-0.4, -0.2) is 98.8 Å². The molecule has 12 nitrogen and oxygen atoms in total. The fourth-order valence-electron chi connectivity index (χ4n) is 2.96. The van der Waals surface area contributed by atoms with Crippen LogP contribution < -0.4 is 10.6 Å². The lowest BCUT2D eigenvalue weighted by Crippen LogP contribution is -2.70. The number of carboxylic acids is 1. The van der Waals surface area contributed by atoms with Crippen molar-refractivity contribution in [2.24, 2.45) is 0 Å². The molecule has 0 bridgehead atoms. The Bertz CT molecular complexity index is 554. The zero-order valence-electron chi connectivity index (χ0n) is 15.9. The van der Waals surface area contributed by atoms with Crippen molar-refractivity contribution in [1.29, 1.82) is 0 Å². The van der Waals surface area contributed by atoms with Crippen LogP contribution in [-0.2, 0) is 23.9 Å². The third kappa shape index (κ3) is 6.09. The van der Waals surface area contributed by atoms with Crippen molar-refractivity contribution in [1.82, 2.24) is 10.6 Å². The molecule has 1 rings (SSSR count). The van der Waals surface area contributed by atoms with Gasteiger partial charge in [-0.1, -0.05) is 0 Å². The summed E-state index contributed by atoms with van der Waals surface area (Å²) in [5.41, 5.74) is 0. The number of rotatable bonds is 9. The van der Waals surface area contributed by atoms with E-state index in [9.17, 15) is 34.8 Å². The second-order valence-electron chi connectivity index (χ2n) is 6.75. The van der Waals surface area contributed by atoms with Crippen molar-refractivity contribution in [2.75, 3.05) is 13.2 Å². The van der Waals surface area contributed by atoms with Crippen molar-refractivity contribution < 1.29 is 49.4 Å². The van der Waals surface area contributed by atoms with Crippen LogP contribution in [0.4, 0.5) is 0 Å². The van der Waals surface area contributed by atoms with E-state index in [-0.39, 0.29) is 0 Å². The molecule has 1 heterocycles. The van der Waals surface area contributed by atoms with Crippen molar-refractivity contribution >= 4 is 17.8 Å². The summed E-state index contributed by atoms with van der Waals surface area (Å²) in [6.07, 6.45) is -6.13. The Balaban J connectivity index is 3.30. The number of amides is 2. The molecule has 1 fully saturated rings. The van der Waals surface area contributed by atoms with Gasteiger partial charge in [0.1, 0.15) is 12.2 Å². The minimum atomic E-state index is -2.44. The monoisotopic (exact) mass is 408 g/mol. The third-order valence-electron chi connectivity index (χ3n) is 4.23. The van der Waals surface area contributed by atoms with E-state index in [1.165, 1.54) is 20.8 Å². The molecule has 0 aromatic rings. The van der Waals surface area contributed by atoms with Gasteiger partial charge in [-0.15, -0.1) is 0 Å². The maximum absolute atomic E-state index is 11.9. The minimum Gasteiger partial charge on any atom is -0.477 e. The molecule has 162 valence electrons. The van der Waals surface area contributed by atoms with Crippen LogP contribution >= 0.6 is 0 Å². The van der Waals surface area contributed by atoms with E-state index < -0.39 is 79.7 Å². The summed E-state index contributed by atoms with van der Waals surface area (Å²) in [5, 5.41) is 53.4. The summed E-state index contributed by atoms with van der Waals surface area (Å²) in [5.74, 6) is -5.19. The molecule has 0 aromatic carbocycles. The predicted octanol–water partition coefficient (Wildman–Crippen LogP) is -3.32. The first kappa shape index (κ1) is 24.2. The zero-order valence-corrected chi connectivity index (χ0v) is 15.9. The highest BCUT2D eigenvalue weighted by Gasteiger charge is 2.55. The molecule has 2 amide bonds. The van der Waals surface area contributed by atoms with Gasteiger partial charge in [-0.2, -0.15) is 0 Å². The summed E-state index contributed by atoms with van der Waals surface area (Å²) < 4.78 is 10.7. The normalized spacial score (nSPS) is 30.8. The van der Waals surface area contributed by atoms with Gasteiger partial charge in [0.15, 0.2) is 0 Å². The van der Waals surface area contributed by atoms with Crippen LogP contribution in [0.15, 0.2) is 0 Å². The molecule has 1 saturated heterocycles. The van der Waals surface area contributed by atoms with Crippen LogP contribution in [0.5, 0.6) is 0 Å². The lowest BCUT2D eigenvalue weighted by Gasteiger charge is -2.47. The topological polar surface area (TPSA) is 195 Å². The van der Waals surface area contributed by atoms with Gasteiger partial charge < -0.3 is 45.6 Å². The first-order valence-electron chi connectivity index (χ1n) is 8.68. The average molecular weight is 408 g/mol. The number of nitrogens with one attached hydrogen (secondary N) is 2. The van der Waals surface area contributed by atoms with Crippen molar-refractivity contribution in [3.8, 4) is 0 Å². The number of aliphatic hydroxyl groups is 4. The summed E-state index contributed by atoms with van der Waals surface area (Å²) >= 11 is 0. The van der Waals surface area contributed by atoms with Crippen molar-refractivity contribution in [3.63, 3.8) is 0 Å². The van der Waals surface area contributed by atoms with E-state index in [2.05, 4.69) is 10.6 Å². The summed E-state index contributed by atoms with van der Waals surface area (Å²) in [6.45, 7) is 2.34. The molecule has 0 aromatic heterocycles. The van der Waals surface area contributed by atoms with Crippen LogP contribution in [0, 0.1) is 0 Å². The van der Waals surface area contributed by atoms with E-state index in [0.29, 0.717) is 0 Å². The van der Waals surface area contributed by atoms with E-state index in [1.807, 2.05) is 0 Å². The van der Waals surface area contributed by atoms with E-state index in [1.54, 1.807) is 0 Å². The summed E-state index contributed by atoms with van der Waals surface area (Å²) in [7, 11) is 0. The number of carboxylic acid groups (broad SMARTS) is 1. The molecule has 7 N–H and O–H groups in total. The number of hydrogen-bond donors (Lipinski definition) is 7. The van der Waals surface area contributed by atoms with Crippen molar-refractivity contribution in [3.05, 3.63) is 0 Å². The Kier molecular flexibility index (Phi) is 8.73. The Morgan fingerprint density at radius 2 is 1.86 bits per heavy atom. The number of hydrogen-bond acceptors (Lipinski definition) is 9. The van der Waals surface area contributed by atoms with Gasteiger partial charge in [0, 0.05) is 20.3 Å². The molecule has 0 aliphatic carbocycles. The number of carbonyl (C=O) groups excluding carboxylic acids is 2. The molecule has 1 aliphatic rings. The summed E-state index contributed by atoms with van der Waals surface area (Å²) in [6, 6.07) is -2.36. The molecular formula is C16H28N2O10. The van der Waals surface area contributed by atoms with Gasteiger partial charge in [0.2, 0.25) is 11.8 Å². The minimum absolute atomic E-state index is 0.552. The first-order chi connectivity index (χ1) is 12.9. The highest BCUT2D eigenvalue weighted by Crippen LogP contribution is 2.33. The number of aliphatic carboxylic acids is 1. The van der Waals surface area contributed by atoms with Gasteiger partial charge >= 0.3 is 5.97 Å². The average Bonchev–Trinajstić information content (AvgIpc) is 2.58. The van der Waals surface area contributed by atoms with Crippen LogP contribution in [0.2, 0.25) is 0 Å². The van der Waals surface area contributed by atoms with Crippen LogP contribution in [0.3, 0.4) is 0 Å². The quantitative estimate of drug-likeness (QED) is 0.203. The smallest absolute Gasteiger partial charge is 0.364 e. The maximum atomic E-state index is 11.9. The Morgan fingerprint density at radius 3 is 2.29 bits per heavy atom. The second kappa shape index (κ2) is 10.1. The molecule has 28 heavy (non-hydrogen) atoms. The van der Waals surface area contributed by atoms with Gasteiger partial charge in [0.25, 0.3) is 5.79 Å². The second-order valence-corrected chi connectivity index (χ2v) is 6.75. The van der Waals surface area contributed by atoms with Gasteiger partial charge in [0.05, 0.1) is 37.5 Å². The third-order valence-corrected chi connectivity index (χ3v) is 4.23. The van der Waals surface area contributed by atoms with E-state index >= 15 is 0 Å². The van der Waals surface area contributed by atoms with Crippen LogP contribution in [0.25, 0.3) is 0 Å². The predicted molar refractivity (Wildman–Crippen MR) is 91.8 cm³/mol. The van der Waals surface area contributed by atoms with Crippen LogP contribution in [0.1, 0.15) is 27.2 Å². The molecule has 1 aliphatic heterocycles. The Morgan fingerprint density at radius 1 is 1.25 bits per heavy atom. The van der Waals surface area contributed by atoms with E-state index in [4.69, 9.17) is 14.6 Å². The first-order valence-corrected chi connectivity index (χ1v) is 8.68. The highest BCUT2D eigenvalue weighted by atomic mass is 16.7. The molecule has 0 saturated carbocycles. The number of aliphatic hydroxyl groups excluding tert-OH is 4. The SMILES string of the molecule is CC(=O)N[C@@H]([C@@H]1O[C@@](OCC(O)CO)(C(=O)O)C[C@H](O)[C@H]1NC(C)=O)[C@@H](C)O. The largest absolute Gasteiger partial charge is 0.477 e. The van der Waals surface area contributed by atoms with Gasteiger partial charge in [-0.25, -0.2) is 4.79 Å². The zero-order chi connectivity index (χ0) is 21.6. The molecule has 1 unspecified atom stereocenters. The summed E-state index contributed by atoms with van der Waals surface area (Å²) in [4.78, 5) is 34.9. The van der Waals surface area contributed by atoms with Gasteiger partial charge in [-0.05, 0) is 6.92 Å². The lowest BCUT2D eigenvalue weighted by molar-refractivity contribution is -0.305. The number of ether oxygens (including phenoxy) is 2. The Hall–Kier alpha value is -1.83. The fraction of sp³-hybridized carbons (Fsp3) is 0.812. The Labute approximate surface area is 161 Å². The molecule has 7 atom stereocenters. The van der Waals surface area contributed by atoms with E-state index in [0.717, 1.165) is 0 Å². The molecule has 12 heteroatoms. The molecule has 0 radical (unpaired) electrons. The fourth-order valence-corrected chi connectivity index (χ4v) is 2.96. The highest BCUT2D eigenvalue weighted by molar-refractivity contribution is 5.77. The lowest BCUT2D eigenvalue weighted by atomic mass is 9.87. The molecular weight excluding hydrogens is 380 g/mol. The molecule has 0 spiro atoms. The number of carbonyl (C=O) groups is 3.